The first-order valence-corrected chi connectivity index (χ1v) is 7.17. The van der Waals surface area contributed by atoms with Crippen LogP contribution in [0.25, 0.3) is 0 Å². The van der Waals surface area contributed by atoms with Gasteiger partial charge < -0.3 is 14.8 Å². The lowest BCUT2D eigenvalue weighted by Crippen LogP contribution is -2.42. The highest BCUT2D eigenvalue weighted by molar-refractivity contribution is 8.00. The van der Waals surface area contributed by atoms with E-state index in [2.05, 4.69) is 5.32 Å². The maximum atomic E-state index is 12.2. The van der Waals surface area contributed by atoms with Crippen LogP contribution in [0.1, 0.15) is 13.8 Å². The summed E-state index contributed by atoms with van der Waals surface area (Å²) in [7, 11) is 0. The summed E-state index contributed by atoms with van der Waals surface area (Å²) in [5, 5.41) is 2.64. The van der Waals surface area contributed by atoms with Crippen molar-refractivity contribution in [1.29, 1.82) is 0 Å². The minimum Gasteiger partial charge on any atom is -0.419 e. The van der Waals surface area contributed by atoms with Gasteiger partial charge >= 0.3 is 17.4 Å². The number of anilines is 1. The SMILES string of the molecule is CC1(C)OC(=O)C(=CNc2ccc(SC(F)(F)F)cc2)C(=O)O1. The van der Waals surface area contributed by atoms with Crippen LogP contribution in [0.3, 0.4) is 0 Å². The zero-order valence-electron chi connectivity index (χ0n) is 12.1. The van der Waals surface area contributed by atoms with Gasteiger partial charge in [0.25, 0.3) is 5.79 Å². The molecule has 1 aromatic carbocycles. The Morgan fingerprint density at radius 1 is 1.09 bits per heavy atom. The van der Waals surface area contributed by atoms with Crippen molar-refractivity contribution in [3.05, 3.63) is 36.0 Å². The Bertz CT molecular complexity index is 631. The molecule has 5 nitrogen and oxygen atoms in total. The number of halogens is 3. The number of carbonyl (C=O) groups is 2. The number of hydrogen-bond acceptors (Lipinski definition) is 6. The molecule has 1 aromatic rings. The number of thioether (sulfide) groups is 1. The van der Waals surface area contributed by atoms with Crippen molar-refractivity contribution in [2.75, 3.05) is 5.32 Å². The number of hydrogen-bond donors (Lipinski definition) is 1. The van der Waals surface area contributed by atoms with Crippen LogP contribution in [0.2, 0.25) is 0 Å². The monoisotopic (exact) mass is 347 g/mol. The maximum Gasteiger partial charge on any atom is 0.446 e. The first kappa shape index (κ1) is 17.2. The molecular weight excluding hydrogens is 335 g/mol. The Morgan fingerprint density at radius 2 is 1.61 bits per heavy atom. The zero-order chi connectivity index (χ0) is 17.3. The molecule has 0 spiro atoms. The van der Waals surface area contributed by atoms with E-state index in [-0.39, 0.29) is 22.2 Å². The minimum absolute atomic E-state index is 0.0222. The number of rotatable bonds is 3. The number of carbonyl (C=O) groups excluding carboxylic acids is 2. The first-order chi connectivity index (χ1) is 10.6. The van der Waals surface area contributed by atoms with Crippen molar-refractivity contribution in [3.8, 4) is 0 Å². The van der Waals surface area contributed by atoms with E-state index in [0.29, 0.717) is 5.69 Å². The molecule has 0 atom stereocenters. The standard InChI is InChI=1S/C14H12F3NO4S/c1-13(2)21-11(19)10(12(20)22-13)7-18-8-3-5-9(6-4-8)23-14(15,16)17/h3-7,18H,1-2H3. The first-order valence-electron chi connectivity index (χ1n) is 6.35. The van der Waals surface area contributed by atoms with Crippen LogP contribution in [-0.2, 0) is 19.1 Å². The van der Waals surface area contributed by atoms with Crippen molar-refractivity contribution in [3.63, 3.8) is 0 Å². The maximum absolute atomic E-state index is 12.2. The fourth-order valence-corrected chi connectivity index (χ4v) is 2.23. The van der Waals surface area contributed by atoms with Gasteiger partial charge in [-0.1, -0.05) is 0 Å². The van der Waals surface area contributed by atoms with E-state index in [1.165, 1.54) is 38.1 Å². The molecule has 0 bridgehead atoms. The Morgan fingerprint density at radius 3 is 2.09 bits per heavy atom. The van der Waals surface area contributed by atoms with E-state index < -0.39 is 23.2 Å². The van der Waals surface area contributed by atoms with Crippen LogP contribution in [0.15, 0.2) is 40.9 Å². The molecule has 1 fully saturated rings. The minimum atomic E-state index is -4.36. The van der Waals surface area contributed by atoms with Gasteiger partial charge in [0.15, 0.2) is 5.57 Å². The Labute approximate surface area is 133 Å². The van der Waals surface area contributed by atoms with Crippen LogP contribution >= 0.6 is 11.8 Å². The van der Waals surface area contributed by atoms with E-state index in [9.17, 15) is 22.8 Å². The molecule has 23 heavy (non-hydrogen) atoms. The highest BCUT2D eigenvalue weighted by Crippen LogP contribution is 2.37. The van der Waals surface area contributed by atoms with E-state index in [4.69, 9.17) is 9.47 Å². The lowest BCUT2D eigenvalue weighted by Gasteiger charge is -2.29. The Hall–Kier alpha value is -2.16. The molecule has 124 valence electrons. The summed E-state index contributed by atoms with van der Waals surface area (Å²) in [4.78, 5) is 23.4. The topological polar surface area (TPSA) is 64.6 Å². The Kier molecular flexibility index (Phi) is 4.60. The molecule has 0 unspecified atom stereocenters. The van der Waals surface area contributed by atoms with Gasteiger partial charge in [0.05, 0.1) is 0 Å². The number of alkyl halides is 3. The number of cyclic esters (lactones) is 2. The third-order valence-electron chi connectivity index (χ3n) is 2.59. The van der Waals surface area contributed by atoms with Gasteiger partial charge in [-0.3, -0.25) is 0 Å². The molecule has 9 heteroatoms. The molecule has 0 aromatic heterocycles. The molecule has 1 aliphatic rings. The van der Waals surface area contributed by atoms with E-state index in [0.717, 1.165) is 6.20 Å². The molecule has 0 saturated carbocycles. The quantitative estimate of drug-likeness (QED) is 0.391. The van der Waals surface area contributed by atoms with E-state index >= 15 is 0 Å². The average Bonchev–Trinajstić information content (AvgIpc) is 2.36. The normalized spacial score (nSPS) is 17.3. The van der Waals surface area contributed by atoms with Crippen molar-refractivity contribution in [2.24, 2.45) is 0 Å². The summed E-state index contributed by atoms with van der Waals surface area (Å²) in [5.74, 6) is -3.02. The summed E-state index contributed by atoms with van der Waals surface area (Å²) >= 11 is -0.235. The number of esters is 2. The second-order valence-corrected chi connectivity index (χ2v) is 6.09. The van der Waals surface area contributed by atoms with Crippen LogP contribution in [0.5, 0.6) is 0 Å². The molecule has 2 rings (SSSR count). The molecule has 0 radical (unpaired) electrons. The summed E-state index contributed by atoms with van der Waals surface area (Å²) < 4.78 is 46.5. The molecule has 0 aliphatic carbocycles. The highest BCUT2D eigenvalue weighted by Gasteiger charge is 2.38. The third kappa shape index (κ3) is 4.92. The van der Waals surface area contributed by atoms with Crippen molar-refractivity contribution in [1.82, 2.24) is 0 Å². The molecule has 1 heterocycles. The van der Waals surface area contributed by atoms with Gasteiger partial charge in [0.1, 0.15) is 0 Å². The van der Waals surface area contributed by atoms with Gasteiger partial charge in [-0.15, -0.1) is 0 Å². The molecule has 0 amide bonds. The average molecular weight is 347 g/mol. The van der Waals surface area contributed by atoms with Crippen LogP contribution in [0, 0.1) is 0 Å². The fourth-order valence-electron chi connectivity index (χ4n) is 1.69. The molecular formula is C14H12F3NO4S. The molecule has 1 aliphatic heterocycles. The summed E-state index contributed by atoms with van der Waals surface area (Å²) in [6, 6.07) is 5.29. The van der Waals surface area contributed by atoms with Gasteiger partial charge in [-0.25, -0.2) is 9.59 Å². The smallest absolute Gasteiger partial charge is 0.419 e. The van der Waals surface area contributed by atoms with Gasteiger partial charge in [0, 0.05) is 30.6 Å². The summed E-state index contributed by atoms with van der Waals surface area (Å²) in [5.41, 5.74) is -4.30. The van der Waals surface area contributed by atoms with Gasteiger partial charge in [-0.05, 0) is 36.0 Å². The lowest BCUT2D eigenvalue weighted by atomic mass is 10.2. The van der Waals surface area contributed by atoms with Crippen LogP contribution in [0.4, 0.5) is 18.9 Å². The number of nitrogens with one attached hydrogen (secondary N) is 1. The largest absolute Gasteiger partial charge is 0.446 e. The van der Waals surface area contributed by atoms with Crippen LogP contribution in [-0.4, -0.2) is 23.2 Å². The van der Waals surface area contributed by atoms with Crippen molar-refractivity contribution >= 4 is 29.4 Å². The Balaban J connectivity index is 2.05. The second-order valence-electron chi connectivity index (χ2n) is 4.95. The van der Waals surface area contributed by atoms with Crippen molar-refractivity contribution in [2.45, 2.75) is 30.0 Å². The summed E-state index contributed by atoms with van der Waals surface area (Å²) in [6.07, 6.45) is 1.09. The van der Waals surface area contributed by atoms with Gasteiger partial charge in [-0.2, -0.15) is 13.2 Å². The second kappa shape index (κ2) is 6.15. The predicted octanol–water partition coefficient (Wildman–Crippen LogP) is 3.43. The molecule has 1 N–H and O–H groups in total. The predicted molar refractivity (Wildman–Crippen MR) is 76.3 cm³/mol. The third-order valence-corrected chi connectivity index (χ3v) is 3.33. The van der Waals surface area contributed by atoms with E-state index in [1.807, 2.05) is 0 Å². The van der Waals surface area contributed by atoms with Gasteiger partial charge in [0.2, 0.25) is 0 Å². The lowest BCUT2D eigenvalue weighted by molar-refractivity contribution is -0.222. The molecule has 1 saturated heterocycles. The van der Waals surface area contributed by atoms with Crippen LogP contribution < -0.4 is 5.32 Å². The number of benzene rings is 1. The fraction of sp³-hybridized carbons (Fsp3) is 0.286. The van der Waals surface area contributed by atoms with Crippen molar-refractivity contribution < 1.29 is 32.2 Å². The zero-order valence-corrected chi connectivity index (χ0v) is 12.9. The number of ether oxygens (including phenoxy) is 2. The highest BCUT2D eigenvalue weighted by atomic mass is 32.2. The summed E-state index contributed by atoms with van der Waals surface area (Å²) in [6.45, 7) is 2.84. The van der Waals surface area contributed by atoms with E-state index in [1.54, 1.807) is 0 Å².